The van der Waals surface area contributed by atoms with E-state index in [1.54, 1.807) is 27.7 Å². The fraction of sp³-hybridized carbons (Fsp3) is 0.750. The summed E-state index contributed by atoms with van der Waals surface area (Å²) in [5, 5.41) is 0. The molecule has 0 N–H and O–H groups in total. The van der Waals surface area contributed by atoms with Crippen molar-refractivity contribution in [2.75, 3.05) is 0 Å². The van der Waals surface area contributed by atoms with Gasteiger partial charge in [-0.15, -0.1) is 0 Å². The maximum Gasteiger partial charge on any atom is 0.345 e. The van der Waals surface area contributed by atoms with Crippen LogP contribution in [0.2, 0.25) is 0 Å². The molecule has 0 unspecified atom stereocenters. The second-order valence-corrected chi connectivity index (χ2v) is 5.95. The fourth-order valence-electron chi connectivity index (χ4n) is 2.51. The number of ether oxygens (including phenoxy) is 2. The monoisotopic (exact) mass is 282 g/mol. The van der Waals surface area contributed by atoms with Crippen LogP contribution in [-0.2, 0) is 19.1 Å². The predicted molar refractivity (Wildman–Crippen MR) is 77.1 cm³/mol. The molecule has 1 aliphatic carbocycles. The molecule has 4 heteroatoms. The first-order valence-electron chi connectivity index (χ1n) is 7.45. The van der Waals surface area contributed by atoms with Crippen molar-refractivity contribution in [3.8, 4) is 0 Å². The second kappa shape index (κ2) is 7.46. The van der Waals surface area contributed by atoms with Gasteiger partial charge in [0.25, 0.3) is 0 Å². The lowest BCUT2D eigenvalue weighted by Crippen LogP contribution is -2.25. The van der Waals surface area contributed by atoms with Gasteiger partial charge in [0, 0.05) is 0 Å². The number of carbonyl (C=O) groups excluding carboxylic acids is 2. The third-order valence-electron chi connectivity index (χ3n) is 3.46. The molecule has 20 heavy (non-hydrogen) atoms. The van der Waals surface area contributed by atoms with Crippen molar-refractivity contribution < 1.29 is 19.1 Å². The molecule has 0 aromatic heterocycles. The number of hydrogen-bond donors (Lipinski definition) is 0. The van der Waals surface area contributed by atoms with Crippen LogP contribution in [0.5, 0.6) is 0 Å². The van der Waals surface area contributed by atoms with Crippen LogP contribution in [0.15, 0.2) is 11.1 Å². The number of allylic oxidation sites excluding steroid dienone is 1. The minimum Gasteiger partial charge on any atom is -0.459 e. The summed E-state index contributed by atoms with van der Waals surface area (Å²) in [5.41, 5.74) is 0.915. The molecule has 0 heterocycles. The van der Waals surface area contributed by atoms with Gasteiger partial charge in [-0.25, -0.2) is 9.59 Å². The lowest BCUT2D eigenvalue weighted by Gasteiger charge is -2.18. The standard InChI is InChI=1S/C16H26O4/c1-10(2)19-15(17)14(16(18)20-11(3)4)12(5)13-8-6-7-9-13/h10-11,13H,6-9H2,1-5H3. The zero-order valence-electron chi connectivity index (χ0n) is 13.2. The van der Waals surface area contributed by atoms with Crippen LogP contribution < -0.4 is 0 Å². The van der Waals surface area contributed by atoms with Crippen molar-refractivity contribution in [1.29, 1.82) is 0 Å². The van der Waals surface area contributed by atoms with E-state index in [-0.39, 0.29) is 17.8 Å². The minimum absolute atomic E-state index is 0.0966. The molecule has 1 aliphatic rings. The van der Waals surface area contributed by atoms with Crippen molar-refractivity contribution in [2.45, 2.75) is 72.5 Å². The fourth-order valence-corrected chi connectivity index (χ4v) is 2.51. The summed E-state index contributed by atoms with van der Waals surface area (Å²) in [5.74, 6) is -0.825. The lowest BCUT2D eigenvalue weighted by molar-refractivity contribution is -0.151. The van der Waals surface area contributed by atoms with E-state index in [2.05, 4.69) is 0 Å². The number of carbonyl (C=O) groups is 2. The summed E-state index contributed by atoms with van der Waals surface area (Å²) < 4.78 is 10.4. The predicted octanol–water partition coefficient (Wildman–Crippen LogP) is 3.40. The Hall–Kier alpha value is -1.32. The zero-order valence-corrected chi connectivity index (χ0v) is 13.2. The van der Waals surface area contributed by atoms with Crippen LogP contribution in [0.4, 0.5) is 0 Å². The highest BCUT2D eigenvalue weighted by Gasteiger charge is 2.30. The molecule has 0 bridgehead atoms. The van der Waals surface area contributed by atoms with E-state index in [1.165, 1.54) is 0 Å². The summed E-state index contributed by atoms with van der Waals surface area (Å²) in [6, 6.07) is 0. The maximum absolute atomic E-state index is 12.2. The maximum atomic E-state index is 12.2. The summed E-state index contributed by atoms with van der Waals surface area (Å²) in [6.45, 7) is 8.94. The van der Waals surface area contributed by atoms with Crippen molar-refractivity contribution >= 4 is 11.9 Å². The van der Waals surface area contributed by atoms with Gasteiger partial charge >= 0.3 is 11.9 Å². The molecule has 0 saturated heterocycles. The molecular weight excluding hydrogens is 256 g/mol. The van der Waals surface area contributed by atoms with E-state index >= 15 is 0 Å². The molecule has 1 rings (SSSR count). The van der Waals surface area contributed by atoms with E-state index in [0.29, 0.717) is 5.92 Å². The van der Waals surface area contributed by atoms with Crippen molar-refractivity contribution in [3.63, 3.8) is 0 Å². The van der Waals surface area contributed by atoms with Gasteiger partial charge in [0.1, 0.15) is 5.57 Å². The van der Waals surface area contributed by atoms with Gasteiger partial charge in [0.2, 0.25) is 0 Å². The zero-order chi connectivity index (χ0) is 15.3. The number of hydrogen-bond acceptors (Lipinski definition) is 4. The van der Waals surface area contributed by atoms with Gasteiger partial charge in [-0.2, -0.15) is 0 Å². The van der Waals surface area contributed by atoms with Gasteiger partial charge in [0.05, 0.1) is 12.2 Å². The van der Waals surface area contributed by atoms with Gasteiger partial charge in [0.15, 0.2) is 0 Å². The highest BCUT2D eigenvalue weighted by Crippen LogP contribution is 2.33. The molecule has 0 atom stereocenters. The molecule has 0 aromatic carbocycles. The van der Waals surface area contributed by atoms with Crippen LogP contribution in [0, 0.1) is 5.92 Å². The van der Waals surface area contributed by atoms with Crippen LogP contribution in [0.3, 0.4) is 0 Å². The normalized spacial score (nSPS) is 15.6. The Morgan fingerprint density at radius 3 is 1.65 bits per heavy atom. The summed E-state index contributed by atoms with van der Waals surface area (Å²) in [7, 11) is 0. The number of esters is 2. The quantitative estimate of drug-likeness (QED) is 0.336. The van der Waals surface area contributed by atoms with E-state index in [0.717, 1.165) is 31.3 Å². The van der Waals surface area contributed by atoms with Crippen molar-refractivity contribution in [1.82, 2.24) is 0 Å². The average Bonchev–Trinajstić information content (AvgIpc) is 2.79. The molecule has 0 spiro atoms. The van der Waals surface area contributed by atoms with E-state index in [4.69, 9.17) is 9.47 Å². The Labute approximate surface area is 121 Å². The third kappa shape index (κ3) is 4.66. The molecule has 4 nitrogen and oxygen atoms in total. The highest BCUT2D eigenvalue weighted by atomic mass is 16.6. The number of rotatable bonds is 5. The first kappa shape index (κ1) is 16.7. The van der Waals surface area contributed by atoms with Crippen LogP contribution in [0.25, 0.3) is 0 Å². The summed E-state index contributed by atoms with van der Waals surface area (Å²) in [6.07, 6.45) is 3.85. The Bertz CT molecular complexity index is 363. The lowest BCUT2D eigenvalue weighted by atomic mass is 9.94. The first-order valence-corrected chi connectivity index (χ1v) is 7.45. The van der Waals surface area contributed by atoms with Gasteiger partial charge in [-0.3, -0.25) is 0 Å². The van der Waals surface area contributed by atoms with E-state index < -0.39 is 11.9 Å². The Balaban J connectivity index is 3.01. The molecular formula is C16H26O4. The summed E-state index contributed by atoms with van der Waals surface area (Å²) >= 11 is 0. The van der Waals surface area contributed by atoms with Gasteiger partial charge < -0.3 is 9.47 Å². The summed E-state index contributed by atoms with van der Waals surface area (Å²) in [4.78, 5) is 24.4. The first-order chi connectivity index (χ1) is 9.32. The van der Waals surface area contributed by atoms with Gasteiger partial charge in [-0.1, -0.05) is 12.8 Å². The topological polar surface area (TPSA) is 52.6 Å². The molecule has 114 valence electrons. The van der Waals surface area contributed by atoms with Crippen molar-refractivity contribution in [3.05, 3.63) is 11.1 Å². The van der Waals surface area contributed by atoms with Crippen LogP contribution in [0.1, 0.15) is 60.3 Å². The Morgan fingerprint density at radius 2 is 1.30 bits per heavy atom. The van der Waals surface area contributed by atoms with Crippen LogP contribution >= 0.6 is 0 Å². The Morgan fingerprint density at radius 1 is 0.900 bits per heavy atom. The molecule has 0 aliphatic heterocycles. The Kier molecular flexibility index (Phi) is 6.24. The molecule has 0 radical (unpaired) electrons. The van der Waals surface area contributed by atoms with E-state index in [9.17, 15) is 9.59 Å². The smallest absolute Gasteiger partial charge is 0.345 e. The molecule has 1 saturated carbocycles. The SMILES string of the molecule is CC(=C(C(=O)OC(C)C)C(=O)OC(C)C)C1CCCC1. The van der Waals surface area contributed by atoms with Crippen molar-refractivity contribution in [2.24, 2.45) is 5.92 Å². The molecule has 0 aromatic rings. The third-order valence-corrected chi connectivity index (χ3v) is 3.46. The second-order valence-electron chi connectivity index (χ2n) is 5.95. The van der Waals surface area contributed by atoms with E-state index in [1.807, 2.05) is 6.92 Å². The minimum atomic E-state index is -0.560. The highest BCUT2D eigenvalue weighted by molar-refractivity contribution is 6.14. The largest absolute Gasteiger partial charge is 0.459 e. The van der Waals surface area contributed by atoms with Crippen LogP contribution in [-0.4, -0.2) is 24.1 Å². The van der Waals surface area contributed by atoms with Gasteiger partial charge in [-0.05, 0) is 59.0 Å². The molecule has 1 fully saturated rings. The molecule has 0 amide bonds. The average molecular weight is 282 g/mol.